The van der Waals surface area contributed by atoms with E-state index in [1.54, 1.807) is 0 Å². The van der Waals surface area contributed by atoms with Gasteiger partial charge in [0.2, 0.25) is 23.6 Å². The van der Waals surface area contributed by atoms with Crippen LogP contribution in [0.4, 0.5) is 8.90 Å². The van der Waals surface area contributed by atoms with Crippen molar-refractivity contribution < 1.29 is 112 Å². The number of hydrogen-bond donors (Lipinski definition) is 15. The van der Waals surface area contributed by atoms with Crippen molar-refractivity contribution in [3.05, 3.63) is 29.8 Å². The summed E-state index contributed by atoms with van der Waals surface area (Å²) in [5.74, 6) is -13.7. The van der Waals surface area contributed by atoms with E-state index in [-0.39, 0.29) is 128 Å². The maximum atomic E-state index is 17.1. The zero-order chi connectivity index (χ0) is 73.9. The normalized spacial score (nSPS) is 15.6. The molecule has 33 nitrogen and oxygen atoms in total. The number of urea groups is 1. The topological polar surface area (TPSA) is 498 Å². The minimum atomic E-state index is -3.74. The highest BCUT2D eigenvalue weighted by Crippen LogP contribution is 2.51. The third-order valence-corrected chi connectivity index (χ3v) is 21.8. The molecule has 7 amide bonds. The third-order valence-electron chi connectivity index (χ3n) is 16.6. The summed E-state index contributed by atoms with van der Waals surface area (Å²) in [7, 11) is -3.74. The Kier molecular flexibility index (Phi) is 37.7. The van der Waals surface area contributed by atoms with Crippen LogP contribution in [0.15, 0.2) is 24.3 Å². The van der Waals surface area contributed by atoms with E-state index in [0.717, 1.165) is 0 Å². The van der Waals surface area contributed by atoms with Gasteiger partial charge in [0.05, 0.1) is 19.6 Å². The first kappa shape index (κ1) is 85.7. The second-order valence-corrected chi connectivity index (χ2v) is 31.2. The van der Waals surface area contributed by atoms with Crippen molar-refractivity contribution in [2.24, 2.45) is 0 Å². The summed E-state index contributed by atoms with van der Waals surface area (Å²) in [6.45, 7) is 9.34. The van der Waals surface area contributed by atoms with Crippen LogP contribution in [0.5, 0.6) is 0 Å². The number of amides is 7. The molecule has 1 aromatic carbocycles. The van der Waals surface area contributed by atoms with Crippen LogP contribution in [0.2, 0.25) is 10.1 Å². The molecular weight excluding hydrogens is 1310 g/mol. The molecule has 1 aromatic rings. The predicted molar refractivity (Wildman–Crippen MR) is 353 cm³/mol. The fourth-order valence-corrected chi connectivity index (χ4v) is 16.0. The van der Waals surface area contributed by atoms with Gasteiger partial charge < -0.3 is 82.2 Å². The van der Waals surface area contributed by atoms with E-state index in [0.29, 0.717) is 37.3 Å². The number of nitrogens with one attached hydrogen (secondary N) is 7. The molecule has 1 aliphatic heterocycles. The van der Waals surface area contributed by atoms with Crippen molar-refractivity contribution in [2.45, 2.75) is 185 Å². The molecule has 0 radical (unpaired) electrons. The maximum Gasteiger partial charge on any atom is 0.326 e. The molecule has 0 aromatic heterocycles. The first-order valence-electron chi connectivity index (χ1n) is 32.8. The number of halogens is 1. The highest BCUT2D eigenvalue weighted by Gasteiger charge is 2.56. The van der Waals surface area contributed by atoms with E-state index in [9.17, 15) is 103 Å². The standard InChI is InChI=1S/C63H102FN11O22Si/c1-62(2,3)98(64,63(4,5)6)42-21-19-41(20-22-42)55(87)67-37-46(68-50(78)25-24-47(60(95)96)75-35-33-73(39-53(83)84)31-29-72(38-52(81)82)30-32-74(34-36-75)40-54(85)86)56(88)69-43(57(89)90)15-11-13-27-65-48(76)17-9-7-8-10-18-49(77)66-28-14-12-16-44(58(91)92)70-61(97)71-45(59(93)94)23-26-51(79)80/h19-22,43-47H,7-18,23-40H2,1-6H3,(H,65,76)(H,66,77)(H,67,87)(H,68,78)(H,69,88)(H,79,80)(H,81,82)(H,83,84)(H,85,86)(H,89,90)(H,91,92)(H,93,94)(H,95,96)(H2,70,71,97)/t43-,44+,45+,46-,47+/m1/s1. The molecule has 1 saturated heterocycles. The quantitative estimate of drug-likeness (QED) is 0.0245. The average molecular weight is 1410 g/mol. The molecular formula is C63H102FN11O22Si. The van der Waals surface area contributed by atoms with Gasteiger partial charge in [-0.1, -0.05) is 66.5 Å². The summed E-state index contributed by atoms with van der Waals surface area (Å²) >= 11 is 0. The Hall–Kier alpha value is -8.41. The van der Waals surface area contributed by atoms with Crippen LogP contribution in [0.1, 0.15) is 155 Å². The zero-order valence-corrected chi connectivity index (χ0v) is 57.9. The van der Waals surface area contributed by atoms with Crippen molar-refractivity contribution in [1.29, 1.82) is 0 Å². The van der Waals surface area contributed by atoms with Gasteiger partial charge in [0.25, 0.3) is 14.3 Å². The van der Waals surface area contributed by atoms with Gasteiger partial charge in [-0.25, -0.2) is 19.2 Å². The number of nitrogens with zero attached hydrogens (tertiary/aromatic N) is 4. The molecule has 1 heterocycles. The molecule has 5 atom stereocenters. The Labute approximate surface area is 569 Å². The smallest absolute Gasteiger partial charge is 0.326 e. The molecule has 0 bridgehead atoms. The van der Waals surface area contributed by atoms with Crippen molar-refractivity contribution >= 4 is 96.9 Å². The SMILES string of the molecule is CC(C)(C)[Si](F)(c1ccc(C(=O)NC[C@@H](NC(=O)CC[C@@H](C(=O)O)N2CCN(CC(=O)O)CCN(CC(=O)O)CCN(CC(=O)O)CC2)C(=O)N[C@H](CCCCNC(=O)CCCCCCC(=O)NCCCC[C@H](NC(=O)N[C@@H](CCC(=O)O)C(=O)O)C(=O)O)C(=O)O)cc1)C(C)(C)C. The lowest BCUT2D eigenvalue weighted by molar-refractivity contribution is -0.145. The zero-order valence-electron chi connectivity index (χ0n) is 56.9. The van der Waals surface area contributed by atoms with Crippen LogP contribution in [0.25, 0.3) is 0 Å². The van der Waals surface area contributed by atoms with Gasteiger partial charge in [-0.15, -0.1) is 0 Å². The number of carboxylic acids is 8. The second-order valence-electron chi connectivity index (χ2n) is 26.3. The molecule has 2 rings (SSSR count). The molecule has 0 saturated carbocycles. The molecule has 1 aliphatic rings. The maximum absolute atomic E-state index is 17.1. The van der Waals surface area contributed by atoms with Crippen LogP contribution < -0.4 is 42.4 Å². The average Bonchev–Trinajstić information content (AvgIpc) is 0.749. The molecule has 0 unspecified atom stereocenters. The monoisotopic (exact) mass is 1410 g/mol. The Bertz CT molecular complexity index is 2820. The van der Waals surface area contributed by atoms with Gasteiger partial charge in [0, 0.05) is 103 Å². The number of unbranched alkanes of at least 4 members (excludes halogenated alkanes) is 5. The van der Waals surface area contributed by atoms with Crippen LogP contribution in [-0.2, 0) is 57.5 Å². The molecule has 0 aliphatic carbocycles. The van der Waals surface area contributed by atoms with Crippen molar-refractivity contribution in [1.82, 2.24) is 56.8 Å². The van der Waals surface area contributed by atoms with Gasteiger partial charge in [0.1, 0.15) is 30.2 Å². The third kappa shape index (κ3) is 32.8. The number of aliphatic carboxylic acids is 8. The van der Waals surface area contributed by atoms with Crippen molar-refractivity contribution in [3.63, 3.8) is 0 Å². The molecule has 0 spiro atoms. The Morgan fingerprint density at radius 3 is 1.22 bits per heavy atom. The molecule has 15 N–H and O–H groups in total. The number of carboxylic acid groups (broad SMARTS) is 8. The summed E-state index contributed by atoms with van der Waals surface area (Å²) in [6.07, 6.45) is 1.63. The van der Waals surface area contributed by atoms with E-state index in [1.807, 2.05) is 46.9 Å². The fraction of sp³-hybridized carbons (Fsp3) is 0.683. The Morgan fingerprint density at radius 2 is 0.837 bits per heavy atom. The van der Waals surface area contributed by atoms with Crippen LogP contribution in [0.3, 0.4) is 0 Å². The van der Waals surface area contributed by atoms with Crippen molar-refractivity contribution in [3.8, 4) is 0 Å². The summed E-state index contributed by atoms with van der Waals surface area (Å²) < 4.78 is 17.1. The van der Waals surface area contributed by atoms with E-state index >= 15 is 4.11 Å². The highest BCUT2D eigenvalue weighted by atomic mass is 28.4. The lowest BCUT2D eigenvalue weighted by Gasteiger charge is -2.44. The van der Waals surface area contributed by atoms with Crippen LogP contribution in [-0.4, -0.2) is 274 Å². The van der Waals surface area contributed by atoms with Gasteiger partial charge in [0.15, 0.2) is 0 Å². The lowest BCUT2D eigenvalue weighted by atomic mass is 10.1. The predicted octanol–water partition coefficient (Wildman–Crippen LogP) is 0.886. The van der Waals surface area contributed by atoms with Gasteiger partial charge in [-0.3, -0.25) is 67.5 Å². The van der Waals surface area contributed by atoms with E-state index < -0.39 is 172 Å². The summed E-state index contributed by atoms with van der Waals surface area (Å²) in [4.78, 5) is 180. The van der Waals surface area contributed by atoms with Gasteiger partial charge >= 0.3 is 53.8 Å². The molecule has 35 heteroatoms. The van der Waals surface area contributed by atoms with Crippen LogP contribution >= 0.6 is 0 Å². The minimum Gasteiger partial charge on any atom is -0.481 e. The lowest BCUT2D eigenvalue weighted by Crippen LogP contribution is -2.58. The molecule has 1 fully saturated rings. The number of carbonyl (C=O) groups is 14. The summed E-state index contributed by atoms with van der Waals surface area (Å²) in [5, 5.41) is 93.3. The Balaban J connectivity index is 2.09. The van der Waals surface area contributed by atoms with Gasteiger partial charge in [-0.2, -0.15) is 0 Å². The number of benzene rings is 1. The van der Waals surface area contributed by atoms with Crippen LogP contribution in [0, 0.1) is 0 Å². The summed E-state index contributed by atoms with van der Waals surface area (Å²) in [5.41, 5.74) is 0.0719. The van der Waals surface area contributed by atoms with Crippen molar-refractivity contribution in [2.75, 3.05) is 91.6 Å². The minimum absolute atomic E-state index is 0.0299. The first-order valence-corrected chi connectivity index (χ1v) is 34.7. The van der Waals surface area contributed by atoms with E-state index in [2.05, 4.69) is 31.9 Å². The number of carbonyl (C=O) groups excluding carboxylic acids is 6. The second kappa shape index (κ2) is 43.1. The Morgan fingerprint density at radius 1 is 0.429 bits per heavy atom. The highest BCUT2D eigenvalue weighted by molar-refractivity contribution is 6.90. The first-order chi connectivity index (χ1) is 45.8. The largest absolute Gasteiger partial charge is 0.481 e. The number of hydrogen-bond acceptors (Lipinski definition) is 18. The molecule has 98 heavy (non-hydrogen) atoms. The summed E-state index contributed by atoms with van der Waals surface area (Å²) in [6, 6.07) is -2.70. The number of rotatable bonds is 43. The molecule has 552 valence electrons. The van der Waals surface area contributed by atoms with E-state index in [1.165, 1.54) is 43.9 Å². The van der Waals surface area contributed by atoms with E-state index in [4.69, 9.17) is 5.11 Å². The van der Waals surface area contributed by atoms with Gasteiger partial charge in [-0.05, 0) is 91.6 Å². The fourth-order valence-electron chi connectivity index (χ4n) is 11.4.